The fourth-order valence-corrected chi connectivity index (χ4v) is 6.26. The highest BCUT2D eigenvalue weighted by molar-refractivity contribution is 6.09. The number of furan rings is 1. The van der Waals surface area contributed by atoms with Crippen molar-refractivity contribution in [3.8, 4) is 22.8 Å². The third kappa shape index (κ3) is 4.36. The summed E-state index contributed by atoms with van der Waals surface area (Å²) in [6, 6.07) is 27.3. The fraction of sp³-hybridized carbons (Fsp3) is 0.175. The normalized spacial score (nSPS) is 19.5. The zero-order valence-corrected chi connectivity index (χ0v) is 24.3. The van der Waals surface area contributed by atoms with Crippen molar-refractivity contribution in [3.05, 3.63) is 127 Å². The van der Waals surface area contributed by atoms with Gasteiger partial charge in [0.25, 0.3) is 0 Å². The first-order valence-corrected chi connectivity index (χ1v) is 14.6. The highest BCUT2D eigenvalue weighted by atomic mass is 16.3. The van der Waals surface area contributed by atoms with Crippen LogP contribution in [-0.4, -0.2) is 21.3 Å². The molecule has 0 atom stereocenters. The monoisotopic (exact) mass is 618 g/mol. The van der Waals surface area contributed by atoms with E-state index in [4.69, 9.17) is 25.9 Å². The van der Waals surface area contributed by atoms with Gasteiger partial charge < -0.3 is 19.3 Å². The van der Waals surface area contributed by atoms with Crippen molar-refractivity contribution < 1.29 is 28.7 Å². The highest BCUT2D eigenvalue weighted by Crippen LogP contribution is 2.42. The maximum absolute atomic E-state index is 11.3. The van der Waals surface area contributed by atoms with Crippen LogP contribution in [-0.2, 0) is 0 Å². The third-order valence-electron chi connectivity index (χ3n) is 8.34. The smallest absolute Gasteiger partial charge is 0.159 e. The summed E-state index contributed by atoms with van der Waals surface area (Å²) in [5, 5.41) is 13.2. The van der Waals surface area contributed by atoms with Gasteiger partial charge in [-0.25, -0.2) is 4.98 Å². The van der Waals surface area contributed by atoms with Crippen molar-refractivity contribution in [2.24, 2.45) is 0 Å². The molecule has 5 aromatic carbocycles. The summed E-state index contributed by atoms with van der Waals surface area (Å²) in [5.74, 6) is -7.56. The van der Waals surface area contributed by atoms with E-state index in [0.29, 0.717) is 16.9 Å². The molecule has 7 aromatic rings. The van der Waals surface area contributed by atoms with E-state index in [-0.39, 0.29) is 34.8 Å². The molecule has 0 aliphatic carbocycles. The molecule has 3 heterocycles. The molecule has 2 aromatic heterocycles. The molecule has 6 heteroatoms. The molecule has 6 nitrogen and oxygen atoms in total. The third-order valence-corrected chi connectivity index (χ3v) is 8.34. The number of phenols is 1. The lowest BCUT2D eigenvalue weighted by molar-refractivity contribution is 0.477. The van der Waals surface area contributed by atoms with Crippen molar-refractivity contribution in [1.29, 1.82) is 0 Å². The molecule has 228 valence electrons. The Morgan fingerprint density at radius 3 is 2.17 bits per heavy atom. The Hall–Kier alpha value is -5.49. The minimum Gasteiger partial charge on any atom is -0.507 e. The Kier molecular flexibility index (Phi) is 3.94. The van der Waals surface area contributed by atoms with Gasteiger partial charge >= 0.3 is 0 Å². The number of hydrogen-bond donors (Lipinski definition) is 1. The van der Waals surface area contributed by atoms with Crippen molar-refractivity contribution in [2.45, 2.75) is 39.2 Å². The van der Waals surface area contributed by atoms with E-state index in [1.807, 2.05) is 58.5 Å². The summed E-state index contributed by atoms with van der Waals surface area (Å²) < 4.78 is 127. The molecule has 0 radical (unpaired) electrons. The zero-order chi connectivity index (χ0) is 43.4. The van der Waals surface area contributed by atoms with Crippen LogP contribution in [0.25, 0.3) is 50.0 Å². The van der Waals surface area contributed by atoms with Crippen molar-refractivity contribution in [2.75, 3.05) is 16.5 Å². The second-order valence-electron chi connectivity index (χ2n) is 11.0. The van der Waals surface area contributed by atoms with Gasteiger partial charge in [0.1, 0.15) is 22.7 Å². The summed E-state index contributed by atoms with van der Waals surface area (Å²) in [4.78, 5) is 8.72. The molecule has 8 rings (SSSR count). The van der Waals surface area contributed by atoms with Crippen molar-refractivity contribution >= 4 is 44.3 Å². The predicted octanol–water partition coefficient (Wildman–Crippen LogP) is 10.3. The molecule has 46 heavy (non-hydrogen) atoms. The van der Waals surface area contributed by atoms with Crippen LogP contribution in [0.4, 0.5) is 11.4 Å². The number of aromatic nitrogens is 2. The van der Waals surface area contributed by atoms with Gasteiger partial charge in [-0.05, 0) is 59.3 Å². The summed E-state index contributed by atoms with van der Waals surface area (Å²) in [7, 11) is 0. The molecule has 0 unspecified atom stereocenters. The van der Waals surface area contributed by atoms with E-state index < -0.39 is 56.0 Å². The number of nitrogens with zero attached hydrogens (tertiary/aromatic N) is 4. The van der Waals surface area contributed by atoms with Gasteiger partial charge in [0.05, 0.1) is 34.8 Å². The molecule has 0 amide bonds. The van der Waals surface area contributed by atoms with E-state index in [0.717, 1.165) is 39.2 Å². The van der Waals surface area contributed by atoms with E-state index in [1.165, 1.54) is 24.3 Å². The molecular formula is C40H36N4O2. The first kappa shape index (κ1) is 16.7. The number of aromatic hydroxyl groups is 1. The summed E-state index contributed by atoms with van der Waals surface area (Å²) in [6.07, 6.45) is 3.61. The lowest BCUT2D eigenvalue weighted by Gasteiger charge is -2.23. The van der Waals surface area contributed by atoms with Gasteiger partial charge in [-0.15, -0.1) is 0 Å². The molecule has 0 spiro atoms. The standard InChI is InChI=1S/C40H36N4O2/c1-25(2)27-14-9-15-28(26(3)4)38(27)44-33-18-11-17-32(37(33)41-40(44)31-13-5-7-20-35(31)45)42-22-23-43(24-42)34-19-10-16-30-29-12-6-8-21-36(29)46-39(30)34/h5-23,25-26,45H,24H2,1-4H3/i1D3,2D3,3D3,4D3,25D,26D. The van der Waals surface area contributed by atoms with Crippen molar-refractivity contribution in [1.82, 2.24) is 9.55 Å². The van der Waals surface area contributed by atoms with Gasteiger partial charge in [0.15, 0.2) is 5.58 Å². The van der Waals surface area contributed by atoms with Crippen LogP contribution in [0.3, 0.4) is 0 Å². The molecule has 0 saturated carbocycles. The minimum atomic E-state index is -3.63. The average molecular weight is 619 g/mol. The number of rotatable bonds is 6. The zero-order valence-electron chi connectivity index (χ0n) is 38.3. The van der Waals surface area contributed by atoms with E-state index >= 15 is 0 Å². The van der Waals surface area contributed by atoms with Gasteiger partial charge in [0.2, 0.25) is 0 Å². The second kappa shape index (κ2) is 10.8. The topological polar surface area (TPSA) is 57.7 Å². The van der Waals surface area contributed by atoms with Gasteiger partial charge in [-0.2, -0.15) is 0 Å². The number of fused-ring (bicyclic) bond motifs is 4. The number of hydrogen-bond acceptors (Lipinski definition) is 5. The molecule has 1 aliphatic heterocycles. The van der Waals surface area contributed by atoms with Crippen LogP contribution in [0.15, 0.2) is 120 Å². The number of phenolic OH excluding ortho intramolecular Hbond substituents is 1. The lowest BCUT2D eigenvalue weighted by atomic mass is 9.92. The average Bonchev–Trinajstić information content (AvgIpc) is 3.91. The van der Waals surface area contributed by atoms with Crippen LogP contribution in [0.1, 0.15) is 69.5 Å². The molecule has 0 bridgehead atoms. The Morgan fingerprint density at radius 1 is 0.739 bits per heavy atom. The van der Waals surface area contributed by atoms with E-state index in [1.54, 1.807) is 24.4 Å². The minimum absolute atomic E-state index is 0.00672. The summed E-state index contributed by atoms with van der Waals surface area (Å²) in [6.45, 7) is -14.3. The Bertz CT molecular complexity index is 2750. The van der Waals surface area contributed by atoms with Crippen LogP contribution >= 0.6 is 0 Å². The Labute approximate surface area is 288 Å². The largest absolute Gasteiger partial charge is 0.507 e. The van der Waals surface area contributed by atoms with Gasteiger partial charge in [0, 0.05) is 42.4 Å². The SMILES string of the molecule is [2H]C([2H])([2H])C([2H])(c1cccc(C([2H])(C([2H])([2H])[2H])C([2H])([2H])[2H])c1-n1c(-c2ccccc2O)nc2c(N3C=CN(c4cccc5c4oc4ccccc45)C3)cccc21)C([2H])([2H])[2H]. The number of anilines is 2. The highest BCUT2D eigenvalue weighted by Gasteiger charge is 2.27. The van der Waals surface area contributed by atoms with Gasteiger partial charge in [-0.1, -0.05) is 94.1 Å². The van der Waals surface area contributed by atoms with E-state index in [9.17, 15) is 7.85 Å². The van der Waals surface area contributed by atoms with Crippen LogP contribution < -0.4 is 9.80 Å². The molecule has 1 N–H and O–H groups in total. The Morgan fingerprint density at radius 2 is 1.39 bits per heavy atom. The van der Waals surface area contributed by atoms with Crippen LogP contribution in [0.5, 0.6) is 5.75 Å². The predicted molar refractivity (Wildman–Crippen MR) is 189 cm³/mol. The lowest BCUT2D eigenvalue weighted by Crippen LogP contribution is -2.24. The quantitative estimate of drug-likeness (QED) is 0.201. The van der Waals surface area contributed by atoms with Crippen LogP contribution in [0.2, 0.25) is 0 Å². The molecule has 1 aliphatic rings. The summed E-state index contributed by atoms with van der Waals surface area (Å²) in [5.41, 5.74) is 0.570. The summed E-state index contributed by atoms with van der Waals surface area (Å²) >= 11 is 0. The fourth-order valence-electron chi connectivity index (χ4n) is 6.26. The molecule has 0 saturated heterocycles. The Balaban J connectivity index is 1.43. The molecular weight excluding hydrogens is 568 g/mol. The van der Waals surface area contributed by atoms with Gasteiger partial charge in [-0.3, -0.25) is 4.57 Å². The molecule has 0 fully saturated rings. The second-order valence-corrected chi connectivity index (χ2v) is 11.0. The maximum atomic E-state index is 11.3. The number of benzene rings is 5. The first-order chi connectivity index (χ1) is 28.0. The number of para-hydroxylation sites is 5. The first-order valence-electron chi connectivity index (χ1n) is 21.6. The van der Waals surface area contributed by atoms with E-state index in [2.05, 4.69) is 0 Å². The van der Waals surface area contributed by atoms with Crippen molar-refractivity contribution in [3.63, 3.8) is 0 Å². The maximum Gasteiger partial charge on any atom is 0.159 e. The number of imidazole rings is 1. The van der Waals surface area contributed by atoms with Crippen LogP contribution in [0, 0.1) is 0 Å².